The Morgan fingerprint density at radius 1 is 0.929 bits per heavy atom. The highest BCUT2D eigenvalue weighted by Gasteiger charge is 2.06. The van der Waals surface area contributed by atoms with Crippen LogP contribution in [0.1, 0.15) is 25.0 Å². The van der Waals surface area contributed by atoms with Crippen LogP contribution in [0.4, 0.5) is 0 Å². The summed E-state index contributed by atoms with van der Waals surface area (Å²) in [6.07, 6.45) is 0.848. The molecule has 2 rings (SSSR count). The van der Waals surface area contributed by atoms with E-state index in [1.54, 1.807) is 14.2 Å². The van der Waals surface area contributed by atoms with E-state index in [0.29, 0.717) is 13.2 Å². The van der Waals surface area contributed by atoms with Crippen molar-refractivity contribution in [1.29, 1.82) is 0 Å². The van der Waals surface area contributed by atoms with Crippen LogP contribution in [-0.4, -0.2) is 39.9 Å². The molecule has 28 heavy (non-hydrogen) atoms. The molecule has 0 aliphatic heterocycles. The molecule has 6 nitrogen and oxygen atoms in total. The van der Waals surface area contributed by atoms with Gasteiger partial charge in [-0.25, -0.2) is 4.99 Å². The first-order valence-electron chi connectivity index (χ1n) is 9.65. The number of nitrogens with zero attached hydrogens (tertiary/aromatic N) is 1. The van der Waals surface area contributed by atoms with Crippen LogP contribution in [0.15, 0.2) is 47.5 Å². The number of benzene rings is 2. The predicted octanol–water partition coefficient (Wildman–Crippen LogP) is 3.40. The SMILES string of the molecule is CCNC(=NCc1ccccc1OCC)NCCc1ccc(OC)c(OC)c1. The molecule has 0 unspecified atom stereocenters. The molecular formula is C22H31N3O3. The maximum atomic E-state index is 5.68. The smallest absolute Gasteiger partial charge is 0.191 e. The molecule has 2 aromatic carbocycles. The first-order chi connectivity index (χ1) is 13.7. The molecule has 2 N–H and O–H groups in total. The normalized spacial score (nSPS) is 11.1. The van der Waals surface area contributed by atoms with Gasteiger partial charge in [0.1, 0.15) is 5.75 Å². The quantitative estimate of drug-likeness (QED) is 0.485. The van der Waals surface area contributed by atoms with Gasteiger partial charge in [0, 0.05) is 18.7 Å². The average molecular weight is 386 g/mol. The van der Waals surface area contributed by atoms with Gasteiger partial charge in [-0.1, -0.05) is 24.3 Å². The first kappa shape index (κ1) is 21.4. The van der Waals surface area contributed by atoms with Crippen LogP contribution in [0.2, 0.25) is 0 Å². The van der Waals surface area contributed by atoms with Crippen LogP contribution in [0.5, 0.6) is 17.2 Å². The number of hydrogen-bond acceptors (Lipinski definition) is 4. The lowest BCUT2D eigenvalue weighted by atomic mass is 10.1. The molecule has 0 saturated heterocycles. The molecule has 152 valence electrons. The highest BCUT2D eigenvalue weighted by Crippen LogP contribution is 2.27. The van der Waals surface area contributed by atoms with Crippen molar-refractivity contribution < 1.29 is 14.2 Å². The van der Waals surface area contributed by atoms with Gasteiger partial charge in [0.05, 0.1) is 27.4 Å². The van der Waals surface area contributed by atoms with E-state index >= 15 is 0 Å². The van der Waals surface area contributed by atoms with E-state index < -0.39 is 0 Å². The monoisotopic (exact) mass is 385 g/mol. The van der Waals surface area contributed by atoms with Crippen LogP contribution in [0, 0.1) is 0 Å². The van der Waals surface area contributed by atoms with E-state index in [2.05, 4.69) is 22.5 Å². The van der Waals surface area contributed by atoms with E-state index in [1.807, 2.05) is 49.4 Å². The van der Waals surface area contributed by atoms with Crippen molar-refractivity contribution in [3.8, 4) is 17.2 Å². The zero-order chi connectivity index (χ0) is 20.2. The summed E-state index contributed by atoms with van der Waals surface area (Å²) in [6, 6.07) is 14.0. The highest BCUT2D eigenvalue weighted by atomic mass is 16.5. The van der Waals surface area contributed by atoms with Gasteiger partial charge in [0.2, 0.25) is 0 Å². The number of para-hydroxylation sites is 1. The minimum Gasteiger partial charge on any atom is -0.494 e. The highest BCUT2D eigenvalue weighted by molar-refractivity contribution is 5.79. The number of guanidine groups is 1. The summed E-state index contributed by atoms with van der Waals surface area (Å²) in [6.45, 7) is 6.80. The largest absolute Gasteiger partial charge is 0.494 e. The van der Waals surface area contributed by atoms with Crippen LogP contribution in [0.3, 0.4) is 0 Å². The molecular weight excluding hydrogens is 354 g/mol. The van der Waals surface area contributed by atoms with E-state index in [9.17, 15) is 0 Å². The molecule has 0 radical (unpaired) electrons. The third-order valence-corrected chi connectivity index (χ3v) is 4.18. The van der Waals surface area contributed by atoms with Crippen molar-refractivity contribution in [2.45, 2.75) is 26.8 Å². The van der Waals surface area contributed by atoms with Crippen molar-refractivity contribution in [1.82, 2.24) is 10.6 Å². The summed E-state index contributed by atoms with van der Waals surface area (Å²) in [5.74, 6) is 3.15. The Kier molecular flexibility index (Phi) is 8.98. The van der Waals surface area contributed by atoms with Gasteiger partial charge >= 0.3 is 0 Å². The Morgan fingerprint density at radius 2 is 1.71 bits per heavy atom. The fraction of sp³-hybridized carbons (Fsp3) is 0.409. The fourth-order valence-corrected chi connectivity index (χ4v) is 2.80. The second-order valence-electron chi connectivity index (χ2n) is 6.10. The second kappa shape index (κ2) is 11.7. The summed E-state index contributed by atoms with van der Waals surface area (Å²) in [7, 11) is 3.29. The van der Waals surface area contributed by atoms with Gasteiger partial charge < -0.3 is 24.8 Å². The van der Waals surface area contributed by atoms with E-state index in [-0.39, 0.29) is 0 Å². The van der Waals surface area contributed by atoms with Gasteiger partial charge in [0.25, 0.3) is 0 Å². The van der Waals surface area contributed by atoms with E-state index in [4.69, 9.17) is 14.2 Å². The van der Waals surface area contributed by atoms with Gasteiger partial charge in [-0.2, -0.15) is 0 Å². The van der Waals surface area contributed by atoms with Crippen LogP contribution in [-0.2, 0) is 13.0 Å². The minimum atomic E-state index is 0.557. The summed E-state index contributed by atoms with van der Waals surface area (Å²) >= 11 is 0. The number of methoxy groups -OCH3 is 2. The van der Waals surface area contributed by atoms with E-state index in [0.717, 1.165) is 48.3 Å². The molecule has 6 heteroatoms. The third-order valence-electron chi connectivity index (χ3n) is 4.18. The van der Waals surface area contributed by atoms with Crippen LogP contribution in [0.25, 0.3) is 0 Å². The minimum absolute atomic E-state index is 0.557. The first-order valence-corrected chi connectivity index (χ1v) is 9.65. The predicted molar refractivity (Wildman–Crippen MR) is 114 cm³/mol. The average Bonchev–Trinajstić information content (AvgIpc) is 2.73. The number of rotatable bonds is 10. The molecule has 0 aromatic heterocycles. The zero-order valence-corrected chi connectivity index (χ0v) is 17.2. The number of nitrogens with one attached hydrogen (secondary N) is 2. The molecule has 0 atom stereocenters. The Balaban J connectivity index is 1.96. The number of ether oxygens (including phenoxy) is 3. The summed E-state index contributed by atoms with van der Waals surface area (Å²) in [5.41, 5.74) is 2.24. The van der Waals surface area contributed by atoms with Gasteiger partial charge in [0.15, 0.2) is 17.5 Å². The molecule has 0 aliphatic rings. The van der Waals surface area contributed by atoms with Gasteiger partial charge in [-0.05, 0) is 44.0 Å². The number of aliphatic imine (C=N–C) groups is 1. The summed E-state index contributed by atoms with van der Waals surface area (Å²) in [5, 5.41) is 6.67. The van der Waals surface area contributed by atoms with E-state index in [1.165, 1.54) is 5.56 Å². The molecule has 0 bridgehead atoms. The zero-order valence-electron chi connectivity index (χ0n) is 17.2. The molecule has 0 spiro atoms. The second-order valence-corrected chi connectivity index (χ2v) is 6.10. The van der Waals surface area contributed by atoms with Crippen molar-refractivity contribution in [3.05, 3.63) is 53.6 Å². The fourth-order valence-electron chi connectivity index (χ4n) is 2.80. The number of hydrogen-bond donors (Lipinski definition) is 2. The third kappa shape index (κ3) is 6.37. The molecule has 2 aromatic rings. The van der Waals surface area contributed by atoms with Crippen molar-refractivity contribution in [3.63, 3.8) is 0 Å². The topological polar surface area (TPSA) is 64.1 Å². The van der Waals surface area contributed by atoms with Crippen LogP contribution < -0.4 is 24.8 Å². The summed E-state index contributed by atoms with van der Waals surface area (Å²) in [4.78, 5) is 4.69. The Labute approximate surface area is 167 Å². The van der Waals surface area contributed by atoms with Crippen molar-refractivity contribution in [2.75, 3.05) is 33.9 Å². The lowest BCUT2D eigenvalue weighted by Crippen LogP contribution is -2.38. The maximum absolute atomic E-state index is 5.68. The summed E-state index contributed by atoms with van der Waals surface area (Å²) < 4.78 is 16.3. The van der Waals surface area contributed by atoms with Crippen LogP contribution >= 0.6 is 0 Å². The molecule has 0 heterocycles. The lowest BCUT2D eigenvalue weighted by Gasteiger charge is -2.13. The standard InChI is InChI=1S/C22H31N3O3/c1-5-23-22(25-16-18-9-7-8-10-19(18)28-6-2)24-14-13-17-11-12-20(26-3)21(15-17)27-4/h7-12,15H,5-6,13-14,16H2,1-4H3,(H2,23,24,25). The Hall–Kier alpha value is -2.89. The van der Waals surface area contributed by atoms with Gasteiger partial charge in [-0.15, -0.1) is 0 Å². The molecule has 0 aliphatic carbocycles. The van der Waals surface area contributed by atoms with Gasteiger partial charge in [-0.3, -0.25) is 0 Å². The maximum Gasteiger partial charge on any atom is 0.191 e. The lowest BCUT2D eigenvalue weighted by molar-refractivity contribution is 0.336. The Bertz CT molecular complexity index is 762. The molecule has 0 fully saturated rings. The molecule has 0 saturated carbocycles. The van der Waals surface area contributed by atoms with Crippen molar-refractivity contribution in [2.24, 2.45) is 4.99 Å². The van der Waals surface area contributed by atoms with Crippen molar-refractivity contribution >= 4 is 5.96 Å². The Morgan fingerprint density at radius 3 is 2.43 bits per heavy atom. The molecule has 0 amide bonds.